The molecule has 7 heteroatoms. The minimum absolute atomic E-state index is 0.221. The number of aliphatic hydroxyl groups excluding tert-OH is 1. The number of aliphatic hydroxyl groups is 1. The van der Waals surface area contributed by atoms with Crippen molar-refractivity contribution in [3.63, 3.8) is 0 Å². The molecule has 2 heterocycles. The predicted octanol–water partition coefficient (Wildman–Crippen LogP) is 4.27. The number of hydrogen-bond acceptors (Lipinski definition) is 7. The van der Waals surface area contributed by atoms with Crippen LogP contribution >= 0.6 is 0 Å². The van der Waals surface area contributed by atoms with Gasteiger partial charge in [-0.05, 0) is 82.5 Å². The first kappa shape index (κ1) is 23.0. The van der Waals surface area contributed by atoms with Crippen molar-refractivity contribution < 1.29 is 14.4 Å². The first-order chi connectivity index (χ1) is 16.5. The van der Waals surface area contributed by atoms with Gasteiger partial charge in [-0.15, -0.1) is 0 Å². The molecule has 3 aromatic rings. The van der Waals surface area contributed by atoms with Crippen LogP contribution in [0.5, 0.6) is 5.75 Å². The lowest BCUT2D eigenvalue weighted by molar-refractivity contribution is 0.108. The lowest BCUT2D eigenvalue weighted by Crippen LogP contribution is -2.29. The van der Waals surface area contributed by atoms with Crippen LogP contribution in [-0.4, -0.2) is 46.5 Å². The van der Waals surface area contributed by atoms with E-state index >= 15 is 0 Å². The summed E-state index contributed by atoms with van der Waals surface area (Å²) >= 11 is 0. The third-order valence-electron chi connectivity index (χ3n) is 7.50. The van der Waals surface area contributed by atoms with Crippen LogP contribution in [0.1, 0.15) is 42.0 Å². The molecule has 0 bridgehead atoms. The zero-order valence-electron chi connectivity index (χ0n) is 20.5. The van der Waals surface area contributed by atoms with Crippen LogP contribution in [0.15, 0.2) is 28.8 Å². The van der Waals surface area contributed by atoms with Gasteiger partial charge in [0.1, 0.15) is 24.2 Å². The van der Waals surface area contributed by atoms with Crippen LogP contribution in [0.3, 0.4) is 0 Å². The van der Waals surface area contributed by atoms with Crippen molar-refractivity contribution in [2.45, 2.75) is 52.6 Å². The van der Waals surface area contributed by atoms with Gasteiger partial charge in [0.05, 0.1) is 17.0 Å². The monoisotopic (exact) mass is 462 g/mol. The van der Waals surface area contributed by atoms with Crippen molar-refractivity contribution in [2.75, 3.05) is 20.2 Å². The molecule has 3 atom stereocenters. The highest BCUT2D eigenvalue weighted by Gasteiger charge is 2.52. The quantitative estimate of drug-likeness (QED) is 0.490. The zero-order chi connectivity index (χ0) is 23.8. The fourth-order valence-electron chi connectivity index (χ4n) is 5.66. The molecule has 7 nitrogen and oxygen atoms in total. The van der Waals surface area contributed by atoms with Crippen LogP contribution in [0, 0.1) is 38.5 Å². The lowest BCUT2D eigenvalue weighted by Gasteiger charge is -2.15. The number of nitrogens with one attached hydrogen (secondary N) is 1. The third-order valence-corrected chi connectivity index (χ3v) is 7.50. The van der Waals surface area contributed by atoms with E-state index in [1.165, 1.54) is 19.3 Å². The summed E-state index contributed by atoms with van der Waals surface area (Å²) in [6, 6.07) is 7.79. The molecule has 0 amide bonds. The Hall–Kier alpha value is -2.77. The highest BCUT2D eigenvalue weighted by atomic mass is 16.5. The van der Waals surface area contributed by atoms with Gasteiger partial charge in [0, 0.05) is 17.8 Å². The average Bonchev–Trinajstić information content (AvgIpc) is 3.12. The summed E-state index contributed by atoms with van der Waals surface area (Å²) in [5.41, 5.74) is 5.83. The molecule has 2 fully saturated rings. The Labute approximate surface area is 201 Å². The molecule has 0 aliphatic heterocycles. The number of ether oxygens (including phenoxy) is 1. The molecule has 2 N–H and O–H groups in total. The molecule has 2 aromatic heterocycles. The molecule has 5 rings (SSSR count). The predicted molar refractivity (Wildman–Crippen MR) is 131 cm³/mol. The fraction of sp³-hybridized carbons (Fsp3) is 0.519. The van der Waals surface area contributed by atoms with Gasteiger partial charge >= 0.3 is 0 Å². The van der Waals surface area contributed by atoms with E-state index in [0.717, 1.165) is 63.7 Å². The average molecular weight is 463 g/mol. The molecular weight excluding hydrogens is 428 g/mol. The molecule has 3 unspecified atom stereocenters. The number of aromatic nitrogens is 3. The highest BCUT2D eigenvalue weighted by molar-refractivity contribution is 5.71. The molecule has 2 aliphatic carbocycles. The van der Waals surface area contributed by atoms with Gasteiger partial charge in [-0.3, -0.25) is 0 Å². The van der Waals surface area contributed by atoms with E-state index in [0.29, 0.717) is 18.1 Å². The number of fused-ring (bicyclic) bond motifs is 1. The Morgan fingerprint density at radius 3 is 2.68 bits per heavy atom. The summed E-state index contributed by atoms with van der Waals surface area (Å²) in [6.45, 7) is 6.73. The summed E-state index contributed by atoms with van der Waals surface area (Å²) in [6.07, 6.45) is 4.53. The molecule has 2 aliphatic rings. The molecule has 2 saturated carbocycles. The molecule has 180 valence electrons. The number of nitrogens with zero attached hydrogens (tertiary/aromatic N) is 3. The van der Waals surface area contributed by atoms with Crippen molar-refractivity contribution in [2.24, 2.45) is 17.8 Å². The number of likely N-dealkylation sites (N-methyl/N-ethyl adjacent to an activating group) is 1. The summed E-state index contributed by atoms with van der Waals surface area (Å²) in [4.78, 5) is 10.1. The van der Waals surface area contributed by atoms with Gasteiger partial charge in [0.25, 0.3) is 0 Å². The Morgan fingerprint density at radius 1 is 1.18 bits per heavy atom. The van der Waals surface area contributed by atoms with Gasteiger partial charge in [-0.25, -0.2) is 9.97 Å². The Kier molecular flexibility index (Phi) is 6.40. The molecule has 1 aromatic carbocycles. The third kappa shape index (κ3) is 4.46. The summed E-state index contributed by atoms with van der Waals surface area (Å²) in [5, 5.41) is 17.1. The van der Waals surface area contributed by atoms with Gasteiger partial charge < -0.3 is 19.7 Å². The smallest absolute Gasteiger partial charge is 0.160 e. The van der Waals surface area contributed by atoms with Crippen LogP contribution < -0.4 is 10.1 Å². The zero-order valence-corrected chi connectivity index (χ0v) is 20.5. The van der Waals surface area contributed by atoms with E-state index in [1.54, 1.807) is 0 Å². The highest BCUT2D eigenvalue weighted by Crippen LogP contribution is 2.58. The summed E-state index contributed by atoms with van der Waals surface area (Å²) in [5.74, 6) is 4.64. The van der Waals surface area contributed by atoms with Crippen molar-refractivity contribution in [1.82, 2.24) is 20.4 Å². The van der Waals surface area contributed by atoms with Crippen molar-refractivity contribution in [1.29, 1.82) is 0 Å². The largest absolute Gasteiger partial charge is 0.491 e. The van der Waals surface area contributed by atoms with Crippen LogP contribution in [0.4, 0.5) is 0 Å². The first-order valence-electron chi connectivity index (χ1n) is 12.3. The van der Waals surface area contributed by atoms with E-state index in [2.05, 4.69) is 17.4 Å². The van der Waals surface area contributed by atoms with Crippen molar-refractivity contribution in [3.8, 4) is 28.4 Å². The van der Waals surface area contributed by atoms with Gasteiger partial charge in [-0.1, -0.05) is 23.7 Å². The van der Waals surface area contributed by atoms with Crippen LogP contribution in [0.2, 0.25) is 0 Å². The number of benzene rings is 1. The molecule has 34 heavy (non-hydrogen) atoms. The minimum Gasteiger partial charge on any atom is -0.491 e. The number of aryl methyl sites for hydroxylation is 2. The normalized spacial score (nSPS) is 22.0. The molecule has 0 spiro atoms. The minimum atomic E-state index is -0.569. The maximum Gasteiger partial charge on any atom is 0.160 e. The first-order valence-corrected chi connectivity index (χ1v) is 12.3. The maximum absolute atomic E-state index is 9.99. The fourth-order valence-corrected chi connectivity index (χ4v) is 5.66. The SMILES string of the molecule is CNCC(O)COc1cccc(-c2nc(CC3C4CCCC43)c(C)c(-c3c(C)noc3C)n2)c1. The second-order valence-corrected chi connectivity index (χ2v) is 9.84. The second-order valence-electron chi connectivity index (χ2n) is 9.84. The Morgan fingerprint density at radius 2 is 1.97 bits per heavy atom. The van der Waals surface area contributed by atoms with E-state index in [4.69, 9.17) is 19.2 Å². The van der Waals surface area contributed by atoms with Gasteiger partial charge in [-0.2, -0.15) is 0 Å². The van der Waals surface area contributed by atoms with Crippen molar-refractivity contribution in [3.05, 3.63) is 47.0 Å². The second kappa shape index (κ2) is 9.47. The Bertz CT molecular complexity index is 1150. The Balaban J connectivity index is 1.50. The lowest BCUT2D eigenvalue weighted by atomic mass is 9.99. The van der Waals surface area contributed by atoms with Crippen molar-refractivity contribution >= 4 is 0 Å². The standard InChI is InChI=1S/C27H34N4O3/c1-15-24(12-23-21-9-6-10-22(21)23)29-27(30-26(15)25-16(2)31-34-17(25)3)18-7-5-8-20(11-18)33-14-19(32)13-28-4/h5,7-8,11,19,21-23,28,32H,6,9-10,12-14H2,1-4H3. The van der Waals surface area contributed by atoms with Crippen LogP contribution in [0.25, 0.3) is 22.6 Å². The molecule has 0 saturated heterocycles. The number of hydrogen-bond donors (Lipinski definition) is 2. The van der Waals surface area contributed by atoms with Gasteiger partial charge in [0.15, 0.2) is 5.82 Å². The molecular formula is C27H34N4O3. The number of rotatable bonds is 9. The summed E-state index contributed by atoms with van der Waals surface area (Å²) < 4.78 is 11.3. The maximum atomic E-state index is 9.99. The van der Waals surface area contributed by atoms with Crippen LogP contribution in [-0.2, 0) is 6.42 Å². The molecule has 0 radical (unpaired) electrons. The summed E-state index contributed by atoms with van der Waals surface area (Å²) in [7, 11) is 1.81. The topological polar surface area (TPSA) is 93.3 Å². The van der Waals surface area contributed by atoms with E-state index in [9.17, 15) is 5.11 Å². The van der Waals surface area contributed by atoms with E-state index in [-0.39, 0.29) is 6.61 Å². The van der Waals surface area contributed by atoms with E-state index in [1.807, 2.05) is 45.2 Å². The van der Waals surface area contributed by atoms with E-state index < -0.39 is 6.10 Å². The van der Waals surface area contributed by atoms with Gasteiger partial charge in [0.2, 0.25) is 0 Å².